The van der Waals surface area contributed by atoms with Crippen molar-refractivity contribution in [1.29, 1.82) is 5.26 Å². The first-order chi connectivity index (χ1) is 15.5. The van der Waals surface area contributed by atoms with Crippen molar-refractivity contribution in [2.45, 2.75) is 19.8 Å². The fourth-order valence-corrected chi connectivity index (χ4v) is 3.73. The Morgan fingerprint density at radius 2 is 2.03 bits per heavy atom. The summed E-state index contributed by atoms with van der Waals surface area (Å²) in [6.45, 7) is 2.99. The van der Waals surface area contributed by atoms with E-state index in [1.54, 1.807) is 31.3 Å². The van der Waals surface area contributed by atoms with E-state index in [1.807, 2.05) is 17.9 Å². The molecule has 3 heterocycles. The molecular formula is C23H23N5O4. The minimum absolute atomic E-state index is 0.0869. The summed E-state index contributed by atoms with van der Waals surface area (Å²) in [4.78, 5) is 30.9. The van der Waals surface area contributed by atoms with Gasteiger partial charge in [-0.2, -0.15) is 10.2 Å². The lowest BCUT2D eigenvalue weighted by Gasteiger charge is -2.31. The van der Waals surface area contributed by atoms with Crippen molar-refractivity contribution in [3.05, 3.63) is 53.4 Å². The Morgan fingerprint density at radius 1 is 1.25 bits per heavy atom. The molecule has 0 spiro atoms. The lowest BCUT2D eigenvalue weighted by Crippen LogP contribution is -2.38. The largest absolute Gasteiger partial charge is 0.459 e. The number of aryl methyl sites for hydroxylation is 1. The maximum absolute atomic E-state index is 12.9. The number of rotatable bonds is 5. The highest BCUT2D eigenvalue weighted by molar-refractivity contribution is 5.98. The van der Waals surface area contributed by atoms with E-state index in [9.17, 15) is 14.9 Å². The lowest BCUT2D eigenvalue weighted by atomic mass is 9.95. The summed E-state index contributed by atoms with van der Waals surface area (Å²) < 4.78 is 11.1. The minimum Gasteiger partial charge on any atom is -0.459 e. The second-order valence-corrected chi connectivity index (χ2v) is 7.62. The van der Waals surface area contributed by atoms with Crippen LogP contribution in [0.1, 0.15) is 34.5 Å². The van der Waals surface area contributed by atoms with Gasteiger partial charge in [-0.1, -0.05) is 6.07 Å². The van der Waals surface area contributed by atoms with E-state index in [0.717, 1.165) is 5.56 Å². The molecule has 9 nitrogen and oxygen atoms in total. The van der Waals surface area contributed by atoms with Crippen molar-refractivity contribution >= 4 is 23.4 Å². The highest BCUT2D eigenvalue weighted by atomic mass is 16.4. The van der Waals surface area contributed by atoms with Crippen molar-refractivity contribution in [2.75, 3.05) is 30.4 Å². The Labute approximate surface area is 185 Å². The van der Waals surface area contributed by atoms with Gasteiger partial charge in [0.2, 0.25) is 17.5 Å². The van der Waals surface area contributed by atoms with Gasteiger partial charge in [0.25, 0.3) is 11.8 Å². The van der Waals surface area contributed by atoms with Crippen LogP contribution in [0.4, 0.5) is 11.6 Å². The zero-order valence-corrected chi connectivity index (χ0v) is 17.8. The molecule has 1 aromatic carbocycles. The van der Waals surface area contributed by atoms with Crippen molar-refractivity contribution < 1.29 is 18.4 Å². The van der Waals surface area contributed by atoms with Gasteiger partial charge in [-0.3, -0.25) is 9.59 Å². The SMILES string of the molecule is CNC(=O)c1ccc(C)c(NC(=O)C2CCN(c3oc(-c4ccco4)nc3C#N)CC2)c1. The number of nitrogens with zero attached hydrogens (tertiary/aromatic N) is 3. The number of piperidine rings is 1. The average Bonchev–Trinajstić information content (AvgIpc) is 3.50. The van der Waals surface area contributed by atoms with Gasteiger partial charge in [-0.25, -0.2) is 0 Å². The Morgan fingerprint density at radius 3 is 2.69 bits per heavy atom. The molecule has 0 radical (unpaired) electrons. The van der Waals surface area contributed by atoms with E-state index in [0.29, 0.717) is 48.8 Å². The number of carbonyl (C=O) groups excluding carboxylic acids is 2. The molecule has 0 atom stereocenters. The molecule has 0 saturated carbocycles. The second-order valence-electron chi connectivity index (χ2n) is 7.62. The van der Waals surface area contributed by atoms with Gasteiger partial charge in [-0.05, 0) is 49.6 Å². The molecule has 2 N–H and O–H groups in total. The van der Waals surface area contributed by atoms with Gasteiger partial charge in [0.15, 0.2) is 5.76 Å². The Hall–Kier alpha value is -4.06. The average molecular weight is 433 g/mol. The van der Waals surface area contributed by atoms with E-state index in [1.165, 1.54) is 6.26 Å². The molecule has 1 saturated heterocycles. The third-order valence-electron chi connectivity index (χ3n) is 5.58. The van der Waals surface area contributed by atoms with Crippen LogP contribution in [0, 0.1) is 24.2 Å². The maximum Gasteiger partial charge on any atom is 0.266 e. The molecule has 1 fully saturated rings. The summed E-state index contributed by atoms with van der Waals surface area (Å²) in [5.74, 6) is 0.627. The number of hydrogen-bond donors (Lipinski definition) is 2. The smallest absolute Gasteiger partial charge is 0.266 e. The first kappa shape index (κ1) is 21.2. The van der Waals surface area contributed by atoms with Gasteiger partial charge in [-0.15, -0.1) is 0 Å². The number of nitrogens with one attached hydrogen (secondary N) is 2. The van der Waals surface area contributed by atoms with E-state index in [2.05, 4.69) is 21.7 Å². The third-order valence-corrected chi connectivity index (χ3v) is 5.58. The number of hydrogen-bond acceptors (Lipinski definition) is 7. The molecule has 1 aliphatic rings. The van der Waals surface area contributed by atoms with Crippen LogP contribution in [0.25, 0.3) is 11.7 Å². The molecule has 2 aromatic heterocycles. The lowest BCUT2D eigenvalue weighted by molar-refractivity contribution is -0.120. The Balaban J connectivity index is 1.42. The number of benzene rings is 1. The number of anilines is 2. The Bertz CT molecular complexity index is 1170. The summed E-state index contributed by atoms with van der Waals surface area (Å²) in [6.07, 6.45) is 2.71. The Kier molecular flexibility index (Phi) is 5.94. The second kappa shape index (κ2) is 8.98. The normalized spacial score (nSPS) is 14.1. The van der Waals surface area contributed by atoms with Crippen molar-refractivity contribution in [3.63, 3.8) is 0 Å². The number of nitriles is 1. The highest BCUT2D eigenvalue weighted by Crippen LogP contribution is 2.31. The first-order valence-electron chi connectivity index (χ1n) is 10.3. The molecule has 32 heavy (non-hydrogen) atoms. The summed E-state index contributed by atoms with van der Waals surface area (Å²) in [6, 6.07) is 10.7. The molecule has 0 aliphatic carbocycles. The molecule has 0 unspecified atom stereocenters. The number of amides is 2. The number of oxazole rings is 1. The molecule has 164 valence electrons. The van der Waals surface area contributed by atoms with Crippen LogP contribution in [0.3, 0.4) is 0 Å². The van der Waals surface area contributed by atoms with Gasteiger partial charge >= 0.3 is 0 Å². The first-order valence-corrected chi connectivity index (χ1v) is 10.3. The van der Waals surface area contributed by atoms with Crippen LogP contribution < -0.4 is 15.5 Å². The zero-order chi connectivity index (χ0) is 22.7. The molecular weight excluding hydrogens is 410 g/mol. The summed E-state index contributed by atoms with van der Waals surface area (Å²) in [5, 5.41) is 15.0. The fourth-order valence-electron chi connectivity index (χ4n) is 3.73. The van der Waals surface area contributed by atoms with Gasteiger partial charge in [0, 0.05) is 37.3 Å². The predicted molar refractivity (Wildman–Crippen MR) is 117 cm³/mol. The van der Waals surface area contributed by atoms with E-state index in [-0.39, 0.29) is 29.3 Å². The van der Waals surface area contributed by atoms with Crippen LogP contribution in [-0.2, 0) is 4.79 Å². The number of furan rings is 1. The van der Waals surface area contributed by atoms with E-state index >= 15 is 0 Å². The summed E-state index contributed by atoms with van der Waals surface area (Å²) in [7, 11) is 1.57. The number of carbonyl (C=O) groups is 2. The van der Waals surface area contributed by atoms with Gasteiger partial charge in [0.05, 0.1) is 6.26 Å². The summed E-state index contributed by atoms with van der Waals surface area (Å²) in [5.41, 5.74) is 2.20. The highest BCUT2D eigenvalue weighted by Gasteiger charge is 2.29. The molecule has 3 aromatic rings. The summed E-state index contributed by atoms with van der Waals surface area (Å²) >= 11 is 0. The molecule has 9 heteroatoms. The third kappa shape index (κ3) is 4.21. The quantitative estimate of drug-likeness (QED) is 0.632. The minimum atomic E-state index is -0.205. The monoisotopic (exact) mass is 433 g/mol. The van der Waals surface area contributed by atoms with Crippen LogP contribution in [0.2, 0.25) is 0 Å². The van der Waals surface area contributed by atoms with E-state index in [4.69, 9.17) is 8.83 Å². The van der Waals surface area contributed by atoms with Crippen LogP contribution in [0.5, 0.6) is 0 Å². The van der Waals surface area contributed by atoms with Crippen molar-refractivity contribution in [3.8, 4) is 17.7 Å². The molecule has 1 aliphatic heterocycles. The fraction of sp³-hybridized carbons (Fsp3) is 0.304. The van der Waals surface area contributed by atoms with E-state index < -0.39 is 0 Å². The standard InChI is InChI=1S/C23H23N5O4/c1-14-5-6-16(20(29)25-2)12-17(14)26-21(30)15-7-9-28(10-8-15)23-18(13-24)27-22(32-23)19-4-3-11-31-19/h3-6,11-12,15H,7-10H2,1-2H3,(H,25,29)(H,26,30). The van der Waals surface area contributed by atoms with Crippen LogP contribution in [0.15, 0.2) is 45.4 Å². The van der Waals surface area contributed by atoms with Crippen LogP contribution >= 0.6 is 0 Å². The zero-order valence-electron chi connectivity index (χ0n) is 17.8. The van der Waals surface area contributed by atoms with Crippen LogP contribution in [-0.4, -0.2) is 36.9 Å². The molecule has 4 rings (SSSR count). The van der Waals surface area contributed by atoms with Gasteiger partial charge < -0.3 is 24.4 Å². The maximum atomic E-state index is 12.9. The topological polar surface area (TPSA) is 124 Å². The van der Waals surface area contributed by atoms with Crippen molar-refractivity contribution in [1.82, 2.24) is 10.3 Å². The predicted octanol–water partition coefficient (Wildman–Crippen LogP) is 3.33. The molecule has 2 amide bonds. The van der Waals surface area contributed by atoms with Gasteiger partial charge in [0.1, 0.15) is 6.07 Å². The number of aromatic nitrogens is 1. The molecule has 0 bridgehead atoms. The van der Waals surface area contributed by atoms with Crippen molar-refractivity contribution in [2.24, 2.45) is 5.92 Å².